The van der Waals surface area contributed by atoms with Gasteiger partial charge in [-0.25, -0.2) is 5.10 Å². The van der Waals surface area contributed by atoms with Crippen molar-refractivity contribution in [1.29, 1.82) is 0 Å². The highest BCUT2D eigenvalue weighted by Crippen LogP contribution is 2.34. The molecular weight excluding hydrogens is 278 g/mol. The van der Waals surface area contributed by atoms with Crippen LogP contribution in [0, 0.1) is 0 Å². The van der Waals surface area contributed by atoms with E-state index in [1.807, 2.05) is 24.3 Å². The van der Waals surface area contributed by atoms with E-state index in [4.69, 9.17) is 11.6 Å². The summed E-state index contributed by atoms with van der Waals surface area (Å²) in [6.07, 6.45) is 0.913. The number of nitrogens with one attached hydrogen (secondary N) is 1. The molecule has 20 heavy (non-hydrogen) atoms. The Kier molecular flexibility index (Phi) is 3.28. The number of likely N-dealkylation sites (tertiary alicyclic amines) is 1. The number of hydrogen-bond donors (Lipinski definition) is 1. The average Bonchev–Trinajstić information content (AvgIpc) is 2.41. The van der Waals surface area contributed by atoms with E-state index in [-0.39, 0.29) is 23.2 Å². The highest BCUT2D eigenvalue weighted by atomic mass is 35.5. The maximum absolute atomic E-state index is 12.3. The van der Waals surface area contributed by atoms with Gasteiger partial charge in [-0.1, -0.05) is 23.7 Å². The number of amides is 1. The molecule has 2 heterocycles. The van der Waals surface area contributed by atoms with Crippen LogP contribution in [-0.4, -0.2) is 27.5 Å². The van der Waals surface area contributed by atoms with E-state index < -0.39 is 0 Å². The Morgan fingerprint density at radius 3 is 2.55 bits per heavy atom. The minimum Gasteiger partial charge on any atom is -0.330 e. The fraction of sp³-hybridized carbons (Fsp3) is 0.214. The molecule has 0 saturated carbocycles. The second-order valence-electron chi connectivity index (χ2n) is 4.66. The number of hydrogen-bond acceptors (Lipinski definition) is 3. The fourth-order valence-corrected chi connectivity index (χ4v) is 2.40. The van der Waals surface area contributed by atoms with Gasteiger partial charge in [-0.05, 0) is 30.2 Å². The Balaban J connectivity index is 1.80. The van der Waals surface area contributed by atoms with Gasteiger partial charge < -0.3 is 4.90 Å². The van der Waals surface area contributed by atoms with E-state index in [0.29, 0.717) is 11.6 Å². The van der Waals surface area contributed by atoms with E-state index in [2.05, 4.69) is 10.2 Å². The molecule has 0 radical (unpaired) electrons. The van der Waals surface area contributed by atoms with Crippen LogP contribution < -0.4 is 5.56 Å². The second-order valence-corrected chi connectivity index (χ2v) is 5.10. The highest BCUT2D eigenvalue weighted by Gasteiger charge is 2.34. The molecule has 1 saturated heterocycles. The van der Waals surface area contributed by atoms with Crippen LogP contribution in [0.25, 0.3) is 0 Å². The maximum atomic E-state index is 12.3. The maximum Gasteiger partial charge on any atom is 0.274 e. The van der Waals surface area contributed by atoms with Crippen LogP contribution in [0.4, 0.5) is 0 Å². The van der Waals surface area contributed by atoms with Crippen LogP contribution in [0.1, 0.15) is 28.5 Å². The van der Waals surface area contributed by atoms with Crippen molar-refractivity contribution in [3.05, 3.63) is 63.0 Å². The molecule has 6 heteroatoms. The highest BCUT2D eigenvalue weighted by molar-refractivity contribution is 6.30. The van der Waals surface area contributed by atoms with Crippen molar-refractivity contribution in [2.24, 2.45) is 0 Å². The molecule has 1 aromatic carbocycles. The van der Waals surface area contributed by atoms with Crippen LogP contribution in [0.3, 0.4) is 0 Å². The third-order valence-electron chi connectivity index (χ3n) is 3.43. The lowest BCUT2D eigenvalue weighted by molar-refractivity contribution is 0.0453. The van der Waals surface area contributed by atoms with Crippen LogP contribution in [-0.2, 0) is 0 Å². The predicted molar refractivity (Wildman–Crippen MR) is 74.7 cm³/mol. The van der Waals surface area contributed by atoms with Crippen molar-refractivity contribution >= 4 is 17.5 Å². The lowest BCUT2D eigenvalue weighted by Gasteiger charge is -2.41. The summed E-state index contributed by atoms with van der Waals surface area (Å²) in [5.41, 5.74) is 0.987. The number of halogens is 1. The molecular formula is C14H12ClN3O2. The van der Waals surface area contributed by atoms with Gasteiger partial charge in [-0.3, -0.25) is 9.59 Å². The van der Waals surface area contributed by atoms with Crippen LogP contribution in [0.2, 0.25) is 5.02 Å². The first-order chi connectivity index (χ1) is 9.65. The van der Waals surface area contributed by atoms with Crippen molar-refractivity contribution in [3.63, 3.8) is 0 Å². The third-order valence-corrected chi connectivity index (χ3v) is 3.69. The number of aromatic nitrogens is 2. The van der Waals surface area contributed by atoms with Crippen molar-refractivity contribution in [2.45, 2.75) is 12.5 Å². The lowest BCUT2D eigenvalue weighted by atomic mass is 9.94. The van der Waals surface area contributed by atoms with Crippen LogP contribution in [0.5, 0.6) is 0 Å². The molecule has 1 aromatic heterocycles. The quantitative estimate of drug-likeness (QED) is 0.920. The predicted octanol–water partition coefficient (Wildman–Crippen LogP) is 2.01. The van der Waals surface area contributed by atoms with Gasteiger partial charge in [0.15, 0.2) is 0 Å². The summed E-state index contributed by atoms with van der Waals surface area (Å²) < 4.78 is 0. The Morgan fingerprint density at radius 1 is 1.25 bits per heavy atom. The Labute approximate surface area is 120 Å². The molecule has 1 unspecified atom stereocenters. The molecule has 0 aliphatic carbocycles. The van der Waals surface area contributed by atoms with E-state index in [1.54, 1.807) is 4.90 Å². The summed E-state index contributed by atoms with van der Waals surface area (Å²) >= 11 is 5.86. The van der Waals surface area contributed by atoms with Crippen molar-refractivity contribution < 1.29 is 4.79 Å². The van der Waals surface area contributed by atoms with E-state index in [1.165, 1.54) is 12.1 Å². The largest absolute Gasteiger partial charge is 0.330 e. The first-order valence-electron chi connectivity index (χ1n) is 6.27. The molecule has 0 bridgehead atoms. The zero-order valence-corrected chi connectivity index (χ0v) is 11.3. The minimum absolute atomic E-state index is 0.0495. The monoisotopic (exact) mass is 289 g/mol. The van der Waals surface area contributed by atoms with Gasteiger partial charge in [-0.15, -0.1) is 0 Å². The Hall–Kier alpha value is -2.14. The number of carbonyl (C=O) groups is 1. The Bertz CT molecular complexity index is 676. The standard InChI is InChI=1S/C14H12ClN3O2/c15-10-3-1-9(2-4-10)12-7-8-18(12)14(20)11-5-6-13(19)17-16-11/h1-6,12H,7-8H2,(H,17,19). The number of carbonyl (C=O) groups excluding carboxylic acids is 1. The molecule has 1 aliphatic rings. The number of aromatic amines is 1. The summed E-state index contributed by atoms with van der Waals surface area (Å²) in [5.74, 6) is -0.174. The van der Waals surface area contributed by atoms with E-state index in [0.717, 1.165) is 12.0 Å². The molecule has 1 atom stereocenters. The van der Waals surface area contributed by atoms with Crippen LogP contribution >= 0.6 is 11.6 Å². The summed E-state index contributed by atoms with van der Waals surface area (Å²) in [4.78, 5) is 25.0. The molecule has 1 amide bonds. The van der Waals surface area contributed by atoms with Gasteiger partial charge in [0.1, 0.15) is 5.69 Å². The molecule has 3 rings (SSSR count). The summed E-state index contributed by atoms with van der Waals surface area (Å²) in [6, 6.07) is 10.3. The first kappa shape index (κ1) is 12.9. The van der Waals surface area contributed by atoms with Crippen molar-refractivity contribution in [2.75, 3.05) is 6.54 Å². The topological polar surface area (TPSA) is 66.1 Å². The normalized spacial score (nSPS) is 17.6. The summed E-state index contributed by atoms with van der Waals surface area (Å²) in [5, 5.41) is 6.72. The van der Waals surface area contributed by atoms with Gasteiger partial charge in [-0.2, -0.15) is 5.10 Å². The summed E-state index contributed by atoms with van der Waals surface area (Å²) in [6.45, 7) is 0.687. The van der Waals surface area contributed by atoms with Gasteiger partial charge in [0, 0.05) is 17.6 Å². The van der Waals surface area contributed by atoms with Crippen molar-refractivity contribution in [1.82, 2.24) is 15.1 Å². The van der Waals surface area contributed by atoms with Crippen LogP contribution in [0.15, 0.2) is 41.2 Å². The molecule has 0 spiro atoms. The lowest BCUT2D eigenvalue weighted by Crippen LogP contribution is -2.45. The smallest absolute Gasteiger partial charge is 0.274 e. The number of H-pyrrole nitrogens is 1. The third kappa shape index (κ3) is 2.32. The first-order valence-corrected chi connectivity index (χ1v) is 6.65. The fourth-order valence-electron chi connectivity index (χ4n) is 2.27. The number of rotatable bonds is 2. The van der Waals surface area contributed by atoms with Gasteiger partial charge in [0.2, 0.25) is 0 Å². The van der Waals surface area contributed by atoms with Gasteiger partial charge in [0.05, 0.1) is 6.04 Å². The molecule has 102 valence electrons. The average molecular weight is 290 g/mol. The second kappa shape index (κ2) is 5.09. The zero-order valence-electron chi connectivity index (χ0n) is 10.5. The molecule has 1 N–H and O–H groups in total. The van der Waals surface area contributed by atoms with Gasteiger partial charge in [0.25, 0.3) is 11.5 Å². The zero-order chi connectivity index (χ0) is 14.1. The Morgan fingerprint density at radius 2 is 2.00 bits per heavy atom. The minimum atomic E-state index is -0.320. The van der Waals surface area contributed by atoms with E-state index in [9.17, 15) is 9.59 Å². The molecule has 2 aromatic rings. The van der Waals surface area contributed by atoms with E-state index >= 15 is 0 Å². The number of benzene rings is 1. The van der Waals surface area contributed by atoms with Gasteiger partial charge >= 0.3 is 0 Å². The molecule has 5 nitrogen and oxygen atoms in total. The number of nitrogens with zero attached hydrogens (tertiary/aromatic N) is 2. The molecule has 1 fully saturated rings. The summed E-state index contributed by atoms with van der Waals surface area (Å²) in [7, 11) is 0. The SMILES string of the molecule is O=C(c1ccc(=O)[nH]n1)N1CCC1c1ccc(Cl)cc1. The van der Waals surface area contributed by atoms with Crippen molar-refractivity contribution in [3.8, 4) is 0 Å². The molecule has 1 aliphatic heterocycles.